The van der Waals surface area contributed by atoms with E-state index in [2.05, 4.69) is 98.6 Å². The van der Waals surface area contributed by atoms with E-state index in [9.17, 15) is 0 Å². The summed E-state index contributed by atoms with van der Waals surface area (Å²) in [6.45, 7) is 16.2. The first-order chi connectivity index (χ1) is 11.0. The zero-order chi connectivity index (χ0) is 18.0. The molecule has 1 saturated heterocycles. The minimum Gasteiger partial charge on any atom is -0.376 e. The average molecular weight is 444 g/mol. The van der Waals surface area contributed by atoms with Crippen LogP contribution < -0.4 is 10.2 Å². The molecule has 0 radical (unpaired) electrons. The normalized spacial score (nSPS) is 20.5. The van der Waals surface area contributed by atoms with Crippen LogP contribution in [-0.4, -0.2) is 29.3 Å². The number of halogens is 1. The highest BCUT2D eigenvalue weighted by atomic mass is 127. The number of alkyl halides is 1. The minimum atomic E-state index is 0.0996. The van der Waals surface area contributed by atoms with Crippen LogP contribution in [-0.2, 0) is 4.74 Å². The van der Waals surface area contributed by atoms with E-state index in [0.29, 0.717) is 12.1 Å². The SMILES string of the molecule is CC(NC(C)(C)I)c1ccc(N2CC[C@@H](OCC(C)(C)C)C2)cc1. The Morgan fingerprint density at radius 2 is 1.83 bits per heavy atom. The number of hydrogen-bond acceptors (Lipinski definition) is 3. The molecule has 0 aromatic heterocycles. The van der Waals surface area contributed by atoms with Crippen LogP contribution in [0.3, 0.4) is 0 Å². The predicted octanol–water partition coefficient (Wildman–Crippen LogP) is 5.15. The van der Waals surface area contributed by atoms with Gasteiger partial charge in [-0.15, -0.1) is 0 Å². The highest BCUT2D eigenvalue weighted by Gasteiger charge is 2.25. The van der Waals surface area contributed by atoms with E-state index in [4.69, 9.17) is 4.74 Å². The van der Waals surface area contributed by atoms with Gasteiger partial charge < -0.3 is 9.64 Å². The average Bonchev–Trinajstić information content (AvgIpc) is 2.92. The molecule has 0 saturated carbocycles. The van der Waals surface area contributed by atoms with Crippen molar-refractivity contribution in [3.05, 3.63) is 29.8 Å². The molecule has 0 aliphatic carbocycles. The third-order valence-corrected chi connectivity index (χ3v) is 4.53. The molecule has 1 aromatic carbocycles. The Balaban J connectivity index is 1.90. The van der Waals surface area contributed by atoms with Crippen LogP contribution in [0.15, 0.2) is 24.3 Å². The Bertz CT molecular complexity index is 516. The number of ether oxygens (including phenoxy) is 1. The van der Waals surface area contributed by atoms with Crippen molar-refractivity contribution >= 4 is 28.3 Å². The molecule has 1 fully saturated rings. The van der Waals surface area contributed by atoms with E-state index in [0.717, 1.165) is 26.1 Å². The van der Waals surface area contributed by atoms with Crippen LogP contribution in [0, 0.1) is 5.41 Å². The topological polar surface area (TPSA) is 24.5 Å². The van der Waals surface area contributed by atoms with Crippen molar-refractivity contribution in [1.29, 1.82) is 0 Å². The number of anilines is 1. The van der Waals surface area contributed by atoms with Crippen molar-refractivity contribution in [1.82, 2.24) is 5.32 Å². The fourth-order valence-corrected chi connectivity index (χ4v) is 3.51. The van der Waals surface area contributed by atoms with Gasteiger partial charge in [-0.05, 0) is 50.3 Å². The molecule has 1 aromatic rings. The summed E-state index contributed by atoms with van der Waals surface area (Å²) in [5.41, 5.74) is 2.88. The van der Waals surface area contributed by atoms with Crippen molar-refractivity contribution in [3.63, 3.8) is 0 Å². The monoisotopic (exact) mass is 444 g/mol. The van der Waals surface area contributed by atoms with Crippen molar-refractivity contribution in [3.8, 4) is 0 Å². The lowest BCUT2D eigenvalue weighted by atomic mass is 9.98. The molecule has 3 nitrogen and oxygen atoms in total. The molecule has 0 spiro atoms. The number of nitrogens with zero attached hydrogens (tertiary/aromatic N) is 1. The van der Waals surface area contributed by atoms with Crippen LogP contribution in [0.1, 0.15) is 59.6 Å². The van der Waals surface area contributed by atoms with E-state index in [1.54, 1.807) is 0 Å². The van der Waals surface area contributed by atoms with E-state index in [1.165, 1.54) is 11.3 Å². The number of nitrogens with one attached hydrogen (secondary N) is 1. The summed E-state index contributed by atoms with van der Waals surface area (Å²) in [6, 6.07) is 9.35. The van der Waals surface area contributed by atoms with Gasteiger partial charge in [-0.25, -0.2) is 0 Å². The first-order valence-corrected chi connectivity index (χ1v) is 10.0. The maximum absolute atomic E-state index is 6.08. The van der Waals surface area contributed by atoms with Gasteiger partial charge in [0.05, 0.1) is 16.3 Å². The van der Waals surface area contributed by atoms with Crippen LogP contribution in [0.4, 0.5) is 5.69 Å². The molecule has 136 valence electrons. The summed E-state index contributed by atoms with van der Waals surface area (Å²) in [6.07, 6.45) is 1.49. The quantitative estimate of drug-likeness (QED) is 0.373. The molecule has 0 amide bonds. The lowest BCUT2D eigenvalue weighted by molar-refractivity contribution is 0.0205. The number of benzene rings is 1. The summed E-state index contributed by atoms with van der Waals surface area (Å²) in [4.78, 5) is 2.44. The van der Waals surface area contributed by atoms with Crippen molar-refractivity contribution in [2.75, 3.05) is 24.6 Å². The van der Waals surface area contributed by atoms with E-state index in [-0.39, 0.29) is 8.96 Å². The third-order valence-electron chi connectivity index (χ3n) is 4.22. The molecule has 0 bridgehead atoms. The Labute approximate surface area is 161 Å². The van der Waals surface area contributed by atoms with Crippen molar-refractivity contribution in [2.24, 2.45) is 5.41 Å². The van der Waals surface area contributed by atoms with E-state index in [1.807, 2.05) is 0 Å². The van der Waals surface area contributed by atoms with Crippen molar-refractivity contribution in [2.45, 2.75) is 63.7 Å². The fourth-order valence-electron chi connectivity index (χ4n) is 3.04. The van der Waals surface area contributed by atoms with Gasteiger partial charge in [0.1, 0.15) is 0 Å². The van der Waals surface area contributed by atoms with Crippen LogP contribution in [0.25, 0.3) is 0 Å². The molecule has 2 atom stereocenters. The van der Waals surface area contributed by atoms with Crippen molar-refractivity contribution < 1.29 is 4.74 Å². The van der Waals surface area contributed by atoms with E-state index < -0.39 is 0 Å². The highest BCUT2D eigenvalue weighted by molar-refractivity contribution is 14.1. The molecule has 1 aliphatic rings. The Hall–Kier alpha value is -0.330. The summed E-state index contributed by atoms with van der Waals surface area (Å²) >= 11 is 2.44. The molecule has 1 N–H and O–H groups in total. The van der Waals surface area contributed by atoms with Gasteiger partial charge >= 0.3 is 0 Å². The number of hydrogen-bond donors (Lipinski definition) is 1. The molecule has 24 heavy (non-hydrogen) atoms. The molecule has 4 heteroatoms. The zero-order valence-corrected chi connectivity index (χ0v) is 18.2. The summed E-state index contributed by atoms with van der Waals surface area (Å²) in [7, 11) is 0. The van der Waals surface area contributed by atoms with Gasteiger partial charge in [-0.3, -0.25) is 5.32 Å². The second kappa shape index (κ2) is 7.92. The molecule has 1 aliphatic heterocycles. The second-order valence-electron chi connectivity index (χ2n) is 8.66. The number of rotatable bonds is 6. The van der Waals surface area contributed by atoms with E-state index >= 15 is 0 Å². The standard InChI is InChI=1S/C20H33IN2O/c1-15(22-20(5,6)21)16-7-9-17(10-8-16)23-12-11-18(13-23)24-14-19(2,3)4/h7-10,15,18,22H,11-14H2,1-6H3/t15?,18-/m1/s1. The van der Waals surface area contributed by atoms with Gasteiger partial charge in [-0.2, -0.15) is 0 Å². The maximum atomic E-state index is 6.08. The molecule has 1 heterocycles. The second-order valence-corrected chi connectivity index (χ2v) is 11.4. The molecular weight excluding hydrogens is 411 g/mol. The lowest BCUT2D eigenvalue weighted by Gasteiger charge is -2.25. The highest BCUT2D eigenvalue weighted by Crippen LogP contribution is 2.26. The van der Waals surface area contributed by atoms with Crippen LogP contribution >= 0.6 is 22.6 Å². The van der Waals surface area contributed by atoms with Gasteiger partial charge in [0.25, 0.3) is 0 Å². The zero-order valence-electron chi connectivity index (χ0n) is 16.0. The Morgan fingerprint density at radius 1 is 1.21 bits per heavy atom. The molecule has 2 rings (SSSR count). The summed E-state index contributed by atoms with van der Waals surface area (Å²) in [5, 5.41) is 3.62. The van der Waals surface area contributed by atoms with Gasteiger partial charge in [0.2, 0.25) is 0 Å². The third kappa shape index (κ3) is 6.52. The van der Waals surface area contributed by atoms with Crippen LogP contribution in [0.5, 0.6) is 0 Å². The molecular formula is C20H33IN2O. The first kappa shape index (κ1) is 20.0. The van der Waals surface area contributed by atoms with Gasteiger partial charge in [0.15, 0.2) is 0 Å². The minimum absolute atomic E-state index is 0.0996. The van der Waals surface area contributed by atoms with Gasteiger partial charge in [-0.1, -0.05) is 55.5 Å². The largest absolute Gasteiger partial charge is 0.376 e. The Morgan fingerprint density at radius 3 is 2.38 bits per heavy atom. The maximum Gasteiger partial charge on any atom is 0.0767 e. The fraction of sp³-hybridized carbons (Fsp3) is 0.700. The van der Waals surface area contributed by atoms with Gasteiger partial charge in [0, 0.05) is 24.8 Å². The summed E-state index contributed by atoms with van der Waals surface area (Å²) < 4.78 is 6.18. The van der Waals surface area contributed by atoms with Crippen LogP contribution in [0.2, 0.25) is 0 Å². The predicted molar refractivity (Wildman–Crippen MR) is 112 cm³/mol. The summed E-state index contributed by atoms with van der Waals surface area (Å²) in [5.74, 6) is 0. The Kier molecular flexibility index (Phi) is 6.59. The molecule has 1 unspecified atom stereocenters. The lowest BCUT2D eigenvalue weighted by Crippen LogP contribution is -2.34. The first-order valence-electron chi connectivity index (χ1n) is 8.97. The smallest absolute Gasteiger partial charge is 0.0767 e.